The van der Waals surface area contributed by atoms with Crippen LogP contribution >= 0.6 is 0 Å². The van der Waals surface area contributed by atoms with Crippen molar-refractivity contribution in [1.29, 1.82) is 0 Å². The molecule has 2 heterocycles. The molecule has 0 bridgehead atoms. The number of para-hydroxylation sites is 2. The van der Waals surface area contributed by atoms with E-state index in [0.29, 0.717) is 11.4 Å². The summed E-state index contributed by atoms with van der Waals surface area (Å²) in [7, 11) is 0. The Labute approximate surface area is 90.2 Å². The zero-order valence-corrected chi connectivity index (χ0v) is 8.27. The third-order valence-electron chi connectivity index (χ3n) is 2.35. The van der Waals surface area contributed by atoms with Crippen molar-refractivity contribution < 1.29 is 0 Å². The number of H-pyrrole nitrogens is 2. The van der Waals surface area contributed by atoms with E-state index >= 15 is 0 Å². The Morgan fingerprint density at radius 1 is 1.19 bits per heavy atom. The van der Waals surface area contributed by atoms with Gasteiger partial charge in [0, 0.05) is 0 Å². The molecule has 0 saturated carbocycles. The molecule has 1 aromatic carbocycles. The highest BCUT2D eigenvalue weighted by atomic mass is 16.1. The fraction of sp³-hybridized carbons (Fsp3) is 0. The first kappa shape index (κ1) is 8.84. The first-order chi connectivity index (χ1) is 7.84. The van der Waals surface area contributed by atoms with Crippen molar-refractivity contribution in [3.63, 3.8) is 0 Å². The molecule has 0 atom stereocenters. The average molecular weight is 212 g/mol. The van der Waals surface area contributed by atoms with Crippen LogP contribution in [0.2, 0.25) is 0 Å². The lowest BCUT2D eigenvalue weighted by Gasteiger charge is -1.99. The molecule has 2 N–H and O–H groups in total. The SMILES string of the molecule is O=c1[nH]c2ccccc2nc1-c1cnc[nH]1. The molecule has 0 aliphatic heterocycles. The fourth-order valence-corrected chi connectivity index (χ4v) is 1.60. The lowest BCUT2D eigenvalue weighted by Crippen LogP contribution is -2.11. The van der Waals surface area contributed by atoms with Gasteiger partial charge < -0.3 is 9.97 Å². The Kier molecular flexibility index (Phi) is 1.83. The van der Waals surface area contributed by atoms with E-state index < -0.39 is 0 Å². The molecule has 0 spiro atoms. The zero-order valence-electron chi connectivity index (χ0n) is 8.27. The van der Waals surface area contributed by atoms with Gasteiger partial charge in [-0.15, -0.1) is 0 Å². The number of hydrogen-bond acceptors (Lipinski definition) is 3. The number of imidazole rings is 1. The van der Waals surface area contributed by atoms with Gasteiger partial charge in [-0.25, -0.2) is 9.97 Å². The largest absolute Gasteiger partial charge is 0.343 e. The van der Waals surface area contributed by atoms with E-state index in [9.17, 15) is 4.79 Å². The van der Waals surface area contributed by atoms with Gasteiger partial charge in [0.15, 0.2) is 5.69 Å². The summed E-state index contributed by atoms with van der Waals surface area (Å²) < 4.78 is 0. The normalized spacial score (nSPS) is 10.8. The minimum absolute atomic E-state index is 0.219. The molecule has 0 aliphatic carbocycles. The lowest BCUT2D eigenvalue weighted by atomic mass is 10.2. The molecule has 5 heteroatoms. The molecular formula is C11H8N4O. The summed E-state index contributed by atoms with van der Waals surface area (Å²) in [4.78, 5) is 25.6. The fourth-order valence-electron chi connectivity index (χ4n) is 1.60. The summed E-state index contributed by atoms with van der Waals surface area (Å²) in [6.45, 7) is 0. The van der Waals surface area contributed by atoms with Gasteiger partial charge in [-0.05, 0) is 12.1 Å². The van der Waals surface area contributed by atoms with Crippen LogP contribution in [0.1, 0.15) is 0 Å². The summed E-state index contributed by atoms with van der Waals surface area (Å²) in [5, 5.41) is 0. The quantitative estimate of drug-likeness (QED) is 0.638. The predicted molar refractivity (Wildman–Crippen MR) is 59.9 cm³/mol. The zero-order chi connectivity index (χ0) is 11.0. The summed E-state index contributed by atoms with van der Waals surface area (Å²) in [5.41, 5.74) is 2.24. The van der Waals surface area contributed by atoms with E-state index in [0.717, 1.165) is 11.0 Å². The Balaban J connectivity index is 2.34. The summed E-state index contributed by atoms with van der Waals surface area (Å²) in [6, 6.07) is 7.41. The molecule has 16 heavy (non-hydrogen) atoms. The van der Waals surface area contributed by atoms with Crippen LogP contribution in [-0.4, -0.2) is 19.9 Å². The van der Waals surface area contributed by atoms with E-state index in [4.69, 9.17) is 0 Å². The summed E-state index contributed by atoms with van der Waals surface area (Å²) in [5.74, 6) is 0. The number of rotatable bonds is 1. The maximum atomic E-state index is 11.8. The van der Waals surface area contributed by atoms with Crippen molar-refractivity contribution in [3.05, 3.63) is 47.1 Å². The van der Waals surface area contributed by atoms with Crippen molar-refractivity contribution in [1.82, 2.24) is 19.9 Å². The number of aromatic amines is 2. The maximum absolute atomic E-state index is 11.8. The molecule has 0 fully saturated rings. The monoisotopic (exact) mass is 212 g/mol. The predicted octanol–water partition coefficient (Wildman–Crippen LogP) is 1.31. The number of nitrogens with zero attached hydrogens (tertiary/aromatic N) is 2. The van der Waals surface area contributed by atoms with E-state index in [1.165, 1.54) is 6.33 Å². The highest BCUT2D eigenvalue weighted by Crippen LogP contribution is 2.12. The summed E-state index contributed by atoms with van der Waals surface area (Å²) in [6.07, 6.45) is 3.10. The van der Waals surface area contributed by atoms with E-state index in [2.05, 4.69) is 19.9 Å². The van der Waals surface area contributed by atoms with Crippen LogP contribution in [0.4, 0.5) is 0 Å². The highest BCUT2D eigenvalue weighted by Gasteiger charge is 2.07. The van der Waals surface area contributed by atoms with Crippen LogP contribution in [0.5, 0.6) is 0 Å². The van der Waals surface area contributed by atoms with Crippen LogP contribution < -0.4 is 5.56 Å². The highest BCUT2D eigenvalue weighted by molar-refractivity contribution is 5.76. The van der Waals surface area contributed by atoms with Crippen LogP contribution in [0.15, 0.2) is 41.6 Å². The first-order valence-corrected chi connectivity index (χ1v) is 4.82. The standard InChI is InChI=1S/C11H8N4O/c16-11-10(9-5-12-6-13-9)14-7-3-1-2-4-8(7)15-11/h1-6H,(H,12,13)(H,15,16). The van der Waals surface area contributed by atoms with Gasteiger partial charge in [-0.1, -0.05) is 12.1 Å². The van der Waals surface area contributed by atoms with Crippen LogP contribution in [0, 0.1) is 0 Å². The number of nitrogens with one attached hydrogen (secondary N) is 2. The number of benzene rings is 1. The molecule has 0 unspecified atom stereocenters. The molecule has 3 aromatic rings. The molecule has 0 aliphatic rings. The molecule has 78 valence electrons. The minimum Gasteiger partial charge on any atom is -0.343 e. The van der Waals surface area contributed by atoms with Crippen LogP contribution in [0.3, 0.4) is 0 Å². The Hall–Kier alpha value is -2.43. The minimum atomic E-state index is -0.219. The average Bonchev–Trinajstić information content (AvgIpc) is 2.81. The molecular weight excluding hydrogens is 204 g/mol. The van der Waals surface area contributed by atoms with Crippen molar-refractivity contribution in [2.24, 2.45) is 0 Å². The second-order valence-corrected chi connectivity index (χ2v) is 3.40. The molecule has 5 nitrogen and oxygen atoms in total. The van der Waals surface area contributed by atoms with E-state index in [-0.39, 0.29) is 5.56 Å². The number of fused-ring (bicyclic) bond motifs is 1. The molecule has 0 amide bonds. The first-order valence-electron chi connectivity index (χ1n) is 4.82. The van der Waals surface area contributed by atoms with Crippen LogP contribution in [-0.2, 0) is 0 Å². The van der Waals surface area contributed by atoms with E-state index in [1.807, 2.05) is 24.3 Å². The van der Waals surface area contributed by atoms with Gasteiger partial charge in [0.25, 0.3) is 5.56 Å². The maximum Gasteiger partial charge on any atom is 0.276 e. The van der Waals surface area contributed by atoms with Crippen molar-refractivity contribution in [3.8, 4) is 11.4 Å². The molecule has 2 aromatic heterocycles. The topological polar surface area (TPSA) is 74.4 Å². The smallest absolute Gasteiger partial charge is 0.276 e. The van der Waals surface area contributed by atoms with Gasteiger partial charge in [0.1, 0.15) is 0 Å². The third kappa shape index (κ3) is 1.30. The second-order valence-electron chi connectivity index (χ2n) is 3.40. The number of aromatic nitrogens is 4. The van der Waals surface area contributed by atoms with Crippen molar-refractivity contribution >= 4 is 11.0 Å². The Morgan fingerprint density at radius 3 is 2.88 bits per heavy atom. The van der Waals surface area contributed by atoms with Crippen molar-refractivity contribution in [2.45, 2.75) is 0 Å². The van der Waals surface area contributed by atoms with Gasteiger partial charge in [0.05, 0.1) is 29.3 Å². The molecule has 0 saturated heterocycles. The van der Waals surface area contributed by atoms with Crippen molar-refractivity contribution in [2.75, 3.05) is 0 Å². The van der Waals surface area contributed by atoms with Gasteiger partial charge in [-0.2, -0.15) is 0 Å². The second kappa shape index (κ2) is 3.30. The Morgan fingerprint density at radius 2 is 2.06 bits per heavy atom. The van der Waals surface area contributed by atoms with Gasteiger partial charge in [0.2, 0.25) is 0 Å². The van der Waals surface area contributed by atoms with E-state index in [1.54, 1.807) is 6.20 Å². The number of hydrogen-bond donors (Lipinski definition) is 2. The van der Waals surface area contributed by atoms with Gasteiger partial charge >= 0.3 is 0 Å². The molecule has 0 radical (unpaired) electrons. The Bertz CT molecular complexity index is 685. The third-order valence-corrected chi connectivity index (χ3v) is 2.35. The lowest BCUT2D eigenvalue weighted by molar-refractivity contribution is 1.20. The summed E-state index contributed by atoms with van der Waals surface area (Å²) >= 11 is 0. The van der Waals surface area contributed by atoms with Gasteiger partial charge in [-0.3, -0.25) is 4.79 Å². The van der Waals surface area contributed by atoms with Crippen LogP contribution in [0.25, 0.3) is 22.4 Å². The molecule has 3 rings (SSSR count).